The van der Waals surface area contributed by atoms with Gasteiger partial charge in [-0.1, -0.05) is 13.8 Å². The lowest BCUT2D eigenvalue weighted by Gasteiger charge is -2.25. The Morgan fingerprint density at radius 3 is 2.87 bits per heavy atom. The number of nitrogens with zero attached hydrogens (tertiary/aromatic N) is 1. The van der Waals surface area contributed by atoms with E-state index >= 15 is 0 Å². The van der Waals surface area contributed by atoms with E-state index in [0.717, 1.165) is 32.5 Å². The van der Waals surface area contributed by atoms with Crippen LogP contribution >= 0.6 is 0 Å². The van der Waals surface area contributed by atoms with Crippen molar-refractivity contribution in [3.05, 3.63) is 0 Å². The Balaban J connectivity index is 2.31. The number of hydrogen-bond acceptors (Lipinski definition) is 3. The van der Waals surface area contributed by atoms with Gasteiger partial charge in [0.15, 0.2) is 0 Å². The Morgan fingerprint density at radius 2 is 2.40 bits per heavy atom. The molecule has 0 spiro atoms. The van der Waals surface area contributed by atoms with Gasteiger partial charge < -0.3 is 14.7 Å². The van der Waals surface area contributed by atoms with Gasteiger partial charge in [-0.15, -0.1) is 0 Å². The zero-order valence-corrected chi connectivity index (χ0v) is 9.61. The predicted molar refractivity (Wildman–Crippen MR) is 57.9 cm³/mol. The molecule has 1 saturated heterocycles. The van der Waals surface area contributed by atoms with E-state index in [-0.39, 0.29) is 5.92 Å². The summed E-state index contributed by atoms with van der Waals surface area (Å²) in [7, 11) is 0. The van der Waals surface area contributed by atoms with Crippen molar-refractivity contribution in [2.24, 2.45) is 5.92 Å². The third kappa shape index (κ3) is 4.18. The van der Waals surface area contributed by atoms with Gasteiger partial charge in [0.1, 0.15) is 0 Å². The van der Waals surface area contributed by atoms with Crippen LogP contribution in [-0.2, 0) is 9.53 Å². The summed E-state index contributed by atoms with van der Waals surface area (Å²) in [4.78, 5) is 12.9. The molecule has 2 atom stereocenters. The first-order valence-corrected chi connectivity index (χ1v) is 5.70. The summed E-state index contributed by atoms with van der Waals surface area (Å²) in [6.45, 7) is 7.04. The van der Waals surface area contributed by atoms with E-state index in [1.165, 1.54) is 0 Å². The van der Waals surface area contributed by atoms with Crippen LogP contribution in [0.25, 0.3) is 0 Å². The van der Waals surface area contributed by atoms with Crippen molar-refractivity contribution in [3.63, 3.8) is 0 Å². The van der Waals surface area contributed by atoms with E-state index in [2.05, 4.69) is 11.8 Å². The van der Waals surface area contributed by atoms with Gasteiger partial charge >= 0.3 is 5.97 Å². The third-order valence-corrected chi connectivity index (χ3v) is 2.89. The van der Waals surface area contributed by atoms with Gasteiger partial charge in [0.05, 0.1) is 12.0 Å². The number of carboxylic acid groups (broad SMARTS) is 1. The predicted octanol–water partition coefficient (Wildman–Crippen LogP) is 1.21. The summed E-state index contributed by atoms with van der Waals surface area (Å²) in [5, 5.41) is 8.83. The highest BCUT2D eigenvalue weighted by atomic mass is 16.5. The van der Waals surface area contributed by atoms with Crippen LogP contribution in [-0.4, -0.2) is 48.3 Å². The Hall–Kier alpha value is -0.610. The van der Waals surface area contributed by atoms with E-state index in [1.54, 1.807) is 6.92 Å². The quantitative estimate of drug-likeness (QED) is 0.723. The summed E-state index contributed by atoms with van der Waals surface area (Å²) in [6, 6.07) is 0. The van der Waals surface area contributed by atoms with Crippen LogP contribution in [0, 0.1) is 5.92 Å². The first-order valence-electron chi connectivity index (χ1n) is 5.70. The molecule has 4 heteroatoms. The minimum atomic E-state index is -0.721. The molecule has 4 nitrogen and oxygen atoms in total. The number of carbonyl (C=O) groups is 1. The topological polar surface area (TPSA) is 49.8 Å². The fourth-order valence-corrected chi connectivity index (χ4v) is 1.87. The van der Waals surface area contributed by atoms with Gasteiger partial charge in [-0.05, 0) is 19.4 Å². The zero-order chi connectivity index (χ0) is 11.3. The highest BCUT2D eigenvalue weighted by Crippen LogP contribution is 2.14. The van der Waals surface area contributed by atoms with Crippen molar-refractivity contribution < 1.29 is 14.6 Å². The smallest absolute Gasteiger partial charge is 0.307 e. The van der Waals surface area contributed by atoms with Gasteiger partial charge in [0, 0.05) is 19.7 Å². The van der Waals surface area contributed by atoms with E-state index < -0.39 is 5.97 Å². The Kier molecular flexibility index (Phi) is 5.05. The molecular formula is C11H21NO3. The molecule has 1 fully saturated rings. The van der Waals surface area contributed by atoms with Crippen LogP contribution in [0.3, 0.4) is 0 Å². The minimum absolute atomic E-state index is 0.300. The maximum atomic E-state index is 10.7. The number of carboxylic acids is 1. The number of hydrogen-bond donors (Lipinski definition) is 1. The Bertz CT molecular complexity index is 202. The van der Waals surface area contributed by atoms with Crippen LogP contribution in [0.5, 0.6) is 0 Å². The molecule has 0 bridgehead atoms. The zero-order valence-electron chi connectivity index (χ0n) is 9.61. The number of rotatable bonds is 6. The molecule has 0 aliphatic carbocycles. The van der Waals surface area contributed by atoms with E-state index in [0.29, 0.717) is 12.6 Å². The molecule has 2 unspecified atom stereocenters. The maximum Gasteiger partial charge on any atom is 0.307 e. The van der Waals surface area contributed by atoms with Crippen molar-refractivity contribution in [1.82, 2.24) is 4.90 Å². The van der Waals surface area contributed by atoms with Gasteiger partial charge in [0.2, 0.25) is 0 Å². The summed E-state index contributed by atoms with van der Waals surface area (Å²) >= 11 is 0. The van der Waals surface area contributed by atoms with Crippen molar-refractivity contribution in [2.75, 3.05) is 26.2 Å². The second-order valence-electron chi connectivity index (χ2n) is 4.23. The van der Waals surface area contributed by atoms with Crippen LogP contribution in [0.1, 0.15) is 26.7 Å². The molecule has 0 radical (unpaired) electrons. The summed E-state index contributed by atoms with van der Waals surface area (Å²) in [5.74, 6) is -1.02. The van der Waals surface area contributed by atoms with Crippen molar-refractivity contribution in [1.29, 1.82) is 0 Å². The second-order valence-corrected chi connectivity index (χ2v) is 4.23. The van der Waals surface area contributed by atoms with E-state index in [1.807, 2.05) is 0 Å². The minimum Gasteiger partial charge on any atom is -0.481 e. The molecular weight excluding hydrogens is 194 g/mol. The molecule has 1 aliphatic rings. The lowest BCUT2D eigenvalue weighted by atomic mass is 10.1. The summed E-state index contributed by atoms with van der Waals surface area (Å²) in [6.07, 6.45) is 2.56. The standard InChI is InChI=1S/C11H21NO3/c1-3-12(7-9(2)11(13)14)8-10-5-4-6-15-10/h9-10H,3-8H2,1-2H3,(H,13,14). The molecule has 0 aromatic heterocycles. The van der Waals surface area contributed by atoms with E-state index in [4.69, 9.17) is 9.84 Å². The summed E-state index contributed by atoms with van der Waals surface area (Å²) in [5.41, 5.74) is 0. The molecule has 0 saturated carbocycles. The molecule has 88 valence electrons. The van der Waals surface area contributed by atoms with Crippen molar-refractivity contribution >= 4 is 5.97 Å². The second kappa shape index (κ2) is 6.08. The van der Waals surface area contributed by atoms with Gasteiger partial charge in [-0.25, -0.2) is 0 Å². The average molecular weight is 215 g/mol. The SMILES string of the molecule is CCN(CC1CCCO1)CC(C)C(=O)O. The average Bonchev–Trinajstić information content (AvgIpc) is 2.69. The van der Waals surface area contributed by atoms with Crippen LogP contribution < -0.4 is 0 Å². The van der Waals surface area contributed by atoms with Crippen LogP contribution in [0.4, 0.5) is 0 Å². The molecule has 0 amide bonds. The largest absolute Gasteiger partial charge is 0.481 e. The van der Waals surface area contributed by atoms with Crippen LogP contribution in [0.15, 0.2) is 0 Å². The molecule has 1 rings (SSSR count). The third-order valence-electron chi connectivity index (χ3n) is 2.89. The Morgan fingerprint density at radius 1 is 1.67 bits per heavy atom. The number of aliphatic carboxylic acids is 1. The molecule has 0 aromatic rings. The first-order chi connectivity index (χ1) is 7.13. The number of ether oxygens (including phenoxy) is 1. The fourth-order valence-electron chi connectivity index (χ4n) is 1.87. The van der Waals surface area contributed by atoms with Gasteiger partial charge in [-0.2, -0.15) is 0 Å². The first kappa shape index (κ1) is 12.5. The molecule has 1 aliphatic heterocycles. The molecule has 0 aromatic carbocycles. The van der Waals surface area contributed by atoms with Crippen LogP contribution in [0.2, 0.25) is 0 Å². The van der Waals surface area contributed by atoms with E-state index in [9.17, 15) is 4.79 Å². The van der Waals surface area contributed by atoms with Crippen molar-refractivity contribution in [3.8, 4) is 0 Å². The number of likely N-dealkylation sites (N-methyl/N-ethyl adjacent to an activating group) is 1. The summed E-state index contributed by atoms with van der Waals surface area (Å²) < 4.78 is 5.54. The Labute approximate surface area is 91.2 Å². The normalized spacial score (nSPS) is 23.3. The molecule has 15 heavy (non-hydrogen) atoms. The van der Waals surface area contributed by atoms with Gasteiger partial charge in [-0.3, -0.25) is 4.79 Å². The lowest BCUT2D eigenvalue weighted by Crippen LogP contribution is -2.37. The molecule has 1 heterocycles. The molecule has 1 N–H and O–H groups in total. The maximum absolute atomic E-state index is 10.7. The lowest BCUT2D eigenvalue weighted by molar-refractivity contribution is -0.141. The van der Waals surface area contributed by atoms with Crippen molar-refractivity contribution in [2.45, 2.75) is 32.8 Å². The monoisotopic (exact) mass is 215 g/mol. The van der Waals surface area contributed by atoms with Gasteiger partial charge in [0.25, 0.3) is 0 Å². The fraction of sp³-hybridized carbons (Fsp3) is 0.909. The highest BCUT2D eigenvalue weighted by Gasteiger charge is 2.21. The highest BCUT2D eigenvalue weighted by molar-refractivity contribution is 5.69.